The van der Waals surface area contributed by atoms with Gasteiger partial charge in [-0.2, -0.15) is 10.1 Å². The monoisotopic (exact) mass is 520 g/mol. The number of anilines is 3. The van der Waals surface area contributed by atoms with Crippen LogP contribution in [0.2, 0.25) is 0 Å². The largest absolute Gasteiger partial charge is 0.444 e. The van der Waals surface area contributed by atoms with Gasteiger partial charge in [0.05, 0.1) is 29.2 Å². The van der Waals surface area contributed by atoms with Gasteiger partial charge in [0.2, 0.25) is 11.9 Å². The first-order valence-corrected chi connectivity index (χ1v) is 12.7. The van der Waals surface area contributed by atoms with Crippen molar-refractivity contribution >= 4 is 40.4 Å². The average Bonchev–Trinajstić information content (AvgIpc) is 3.34. The lowest BCUT2D eigenvalue weighted by Crippen LogP contribution is -2.41. The molecule has 202 valence electrons. The smallest absolute Gasteiger partial charge is 0.410 e. The molecule has 0 spiro atoms. The Balaban J connectivity index is 1.52. The number of nitrogens with zero attached hydrogens (tertiary/aromatic N) is 4. The minimum atomic E-state index is -0.608. The molecule has 0 bridgehead atoms. The molecule has 4 N–H and O–H groups in total. The lowest BCUT2D eigenvalue weighted by Gasteiger charge is -2.24. The summed E-state index contributed by atoms with van der Waals surface area (Å²) >= 11 is 0. The molecule has 0 fully saturated rings. The summed E-state index contributed by atoms with van der Waals surface area (Å²) in [5, 5.41) is 17.4. The molecule has 0 aliphatic heterocycles. The van der Waals surface area contributed by atoms with Crippen LogP contribution in [-0.2, 0) is 9.53 Å². The summed E-state index contributed by atoms with van der Waals surface area (Å²) in [6, 6.07) is 5.83. The molecule has 0 saturated heterocycles. The fourth-order valence-electron chi connectivity index (χ4n) is 3.35. The molecule has 0 aliphatic rings. The Kier molecular flexibility index (Phi) is 9.87. The predicted molar refractivity (Wildman–Crippen MR) is 148 cm³/mol. The van der Waals surface area contributed by atoms with Crippen LogP contribution in [-0.4, -0.2) is 69.3 Å². The third kappa shape index (κ3) is 8.65. The number of aromatic nitrogens is 4. The van der Waals surface area contributed by atoms with Crippen LogP contribution in [0.25, 0.3) is 10.9 Å². The van der Waals surface area contributed by atoms with E-state index in [9.17, 15) is 9.59 Å². The second kappa shape index (κ2) is 13.3. The lowest BCUT2D eigenvalue weighted by molar-refractivity contribution is -0.122. The third-order valence-corrected chi connectivity index (χ3v) is 5.17. The van der Waals surface area contributed by atoms with E-state index in [0.29, 0.717) is 36.7 Å². The maximum atomic E-state index is 12.1. The zero-order valence-electron chi connectivity index (χ0n) is 22.6. The summed E-state index contributed by atoms with van der Waals surface area (Å²) in [4.78, 5) is 34.4. The molecule has 2 aromatic heterocycles. The van der Waals surface area contributed by atoms with Gasteiger partial charge in [-0.15, -0.1) is 0 Å². The van der Waals surface area contributed by atoms with Crippen LogP contribution in [0.1, 0.15) is 52.5 Å². The number of carbonyl (C=O) groups excluding carboxylic acids is 2. The van der Waals surface area contributed by atoms with Crippen LogP contribution < -0.4 is 16.0 Å². The molecule has 38 heavy (non-hydrogen) atoms. The van der Waals surface area contributed by atoms with Gasteiger partial charge >= 0.3 is 6.09 Å². The number of H-pyrrole nitrogens is 1. The second-order valence-corrected chi connectivity index (χ2v) is 9.74. The van der Waals surface area contributed by atoms with Crippen molar-refractivity contribution in [3.05, 3.63) is 36.2 Å². The zero-order valence-corrected chi connectivity index (χ0v) is 22.6. The number of hydrogen-bond acceptors (Lipinski definition) is 8. The van der Waals surface area contributed by atoms with Crippen molar-refractivity contribution in [3.8, 4) is 11.8 Å². The van der Waals surface area contributed by atoms with Crippen LogP contribution in [0.4, 0.5) is 22.2 Å². The molecule has 11 heteroatoms. The van der Waals surface area contributed by atoms with Gasteiger partial charge in [-0.3, -0.25) is 9.89 Å². The van der Waals surface area contributed by atoms with Crippen molar-refractivity contribution in [1.29, 1.82) is 0 Å². The fraction of sp³-hybridized carbons (Fsp3) is 0.444. The minimum Gasteiger partial charge on any atom is -0.444 e. The van der Waals surface area contributed by atoms with Gasteiger partial charge in [-0.25, -0.2) is 9.78 Å². The average molecular weight is 521 g/mol. The highest BCUT2D eigenvalue weighted by Crippen LogP contribution is 2.24. The number of ether oxygens (including phenoxy) is 1. The van der Waals surface area contributed by atoms with E-state index in [0.717, 1.165) is 29.6 Å². The Bertz CT molecular complexity index is 1300. The van der Waals surface area contributed by atoms with E-state index in [-0.39, 0.29) is 12.5 Å². The minimum absolute atomic E-state index is 0.0696. The molecular formula is C27H36N8O3. The molecule has 0 aliphatic carbocycles. The van der Waals surface area contributed by atoms with Gasteiger partial charge in [0.1, 0.15) is 18.0 Å². The Morgan fingerprint density at radius 1 is 1.18 bits per heavy atom. The Hall–Kier alpha value is -4.33. The predicted octanol–water partition coefficient (Wildman–Crippen LogP) is 4.03. The van der Waals surface area contributed by atoms with E-state index < -0.39 is 11.7 Å². The number of likely N-dealkylation sites (N-methyl/N-ethyl adjacent to an activating group) is 1. The van der Waals surface area contributed by atoms with Gasteiger partial charge in [-0.05, 0) is 45.7 Å². The molecule has 0 saturated carbocycles. The molecule has 3 rings (SSSR count). The molecule has 11 nitrogen and oxygen atoms in total. The first-order valence-electron chi connectivity index (χ1n) is 12.7. The summed E-state index contributed by atoms with van der Waals surface area (Å²) < 4.78 is 5.25. The second-order valence-electron chi connectivity index (χ2n) is 9.74. The zero-order chi connectivity index (χ0) is 27.5. The van der Waals surface area contributed by atoms with E-state index in [1.807, 2.05) is 18.2 Å². The number of benzene rings is 1. The van der Waals surface area contributed by atoms with Gasteiger partial charge in [0.15, 0.2) is 0 Å². The lowest BCUT2D eigenvalue weighted by atomic mass is 10.2. The van der Waals surface area contributed by atoms with Crippen LogP contribution in [0.3, 0.4) is 0 Å². The number of carbonyl (C=O) groups is 2. The van der Waals surface area contributed by atoms with Crippen LogP contribution in [0.5, 0.6) is 0 Å². The number of hydrogen-bond donors (Lipinski definition) is 4. The van der Waals surface area contributed by atoms with Crippen molar-refractivity contribution in [3.63, 3.8) is 0 Å². The van der Waals surface area contributed by atoms with Crippen LogP contribution >= 0.6 is 0 Å². The topological polar surface area (TPSA) is 137 Å². The first-order chi connectivity index (χ1) is 18.2. The number of rotatable bonds is 10. The van der Waals surface area contributed by atoms with Crippen molar-refractivity contribution < 1.29 is 14.3 Å². The number of amides is 2. The maximum Gasteiger partial charge on any atom is 0.410 e. The van der Waals surface area contributed by atoms with Crippen molar-refractivity contribution in [2.45, 2.75) is 52.6 Å². The maximum absolute atomic E-state index is 12.1. The van der Waals surface area contributed by atoms with Crippen LogP contribution in [0, 0.1) is 11.8 Å². The highest BCUT2D eigenvalue weighted by atomic mass is 16.6. The van der Waals surface area contributed by atoms with E-state index in [2.05, 4.69) is 54.9 Å². The van der Waals surface area contributed by atoms with E-state index >= 15 is 0 Å². The number of aromatic amines is 1. The van der Waals surface area contributed by atoms with Crippen molar-refractivity contribution in [2.75, 3.05) is 37.3 Å². The van der Waals surface area contributed by atoms with Gasteiger partial charge in [0, 0.05) is 31.9 Å². The first kappa shape index (κ1) is 28.2. The molecular weight excluding hydrogens is 484 g/mol. The molecule has 2 heterocycles. The molecule has 3 aromatic rings. The molecule has 1 aromatic carbocycles. The van der Waals surface area contributed by atoms with E-state index in [1.54, 1.807) is 33.2 Å². The summed E-state index contributed by atoms with van der Waals surface area (Å²) in [6.07, 6.45) is 5.11. The quantitative estimate of drug-likeness (QED) is 0.232. The summed E-state index contributed by atoms with van der Waals surface area (Å²) in [7, 11) is 1.53. The van der Waals surface area contributed by atoms with Crippen molar-refractivity contribution in [2.24, 2.45) is 0 Å². The number of nitrogens with one attached hydrogen (secondary N) is 4. The number of fused-ring (bicyclic) bond motifs is 1. The third-order valence-electron chi connectivity index (χ3n) is 5.17. The highest BCUT2D eigenvalue weighted by Gasteiger charge is 2.20. The summed E-state index contributed by atoms with van der Waals surface area (Å²) in [5.41, 5.74) is 1.88. The molecule has 2 amide bonds. The van der Waals surface area contributed by atoms with Gasteiger partial charge < -0.3 is 25.6 Å². The fourth-order valence-corrected chi connectivity index (χ4v) is 3.35. The molecule has 0 radical (unpaired) electrons. The highest BCUT2D eigenvalue weighted by molar-refractivity contribution is 5.92. The van der Waals surface area contributed by atoms with Crippen molar-refractivity contribution in [1.82, 2.24) is 30.4 Å². The van der Waals surface area contributed by atoms with Gasteiger partial charge in [-0.1, -0.05) is 24.8 Å². The Morgan fingerprint density at radius 3 is 2.76 bits per heavy atom. The molecule has 0 unspecified atom stereocenters. The van der Waals surface area contributed by atoms with Gasteiger partial charge in [0.25, 0.3) is 0 Å². The SMILES string of the molecule is CCCNc1nc(Nc2cccc3[nH]ncc23)ncc1C#CCCCNC(=O)CN(C)C(=O)OC(C)(C)C. The standard InChI is InChI=1S/C27H36N8O3/c1-6-14-29-24-19(16-30-25(33-24)32-21-12-10-13-22-20(21)17-31-34-22)11-8-7-9-15-28-23(36)18-35(5)26(37)38-27(2,3)4/h10,12-13,16-17H,6-7,9,14-15,18H2,1-5H3,(H,28,36)(H,31,34)(H2,29,30,32,33). The van der Waals surface area contributed by atoms with Crippen LogP contribution in [0.15, 0.2) is 30.6 Å². The number of unbranched alkanes of at least 4 members (excludes halogenated alkanes) is 1. The Morgan fingerprint density at radius 2 is 2.00 bits per heavy atom. The summed E-state index contributed by atoms with van der Waals surface area (Å²) in [6.45, 7) is 8.56. The normalized spacial score (nSPS) is 10.9. The summed E-state index contributed by atoms with van der Waals surface area (Å²) in [5.74, 6) is 7.13. The Labute approximate surface area is 223 Å². The van der Waals surface area contributed by atoms with E-state index in [1.165, 1.54) is 11.9 Å². The molecule has 0 atom stereocenters. The van der Waals surface area contributed by atoms with E-state index in [4.69, 9.17) is 4.74 Å².